The minimum absolute atomic E-state index is 0.164. The quantitative estimate of drug-likeness (QED) is 0.759. The van der Waals surface area contributed by atoms with E-state index in [1.54, 1.807) is 29.2 Å². The topological polar surface area (TPSA) is 102 Å². The molecule has 2 N–H and O–H groups in total. The van der Waals surface area contributed by atoms with Crippen molar-refractivity contribution in [2.75, 3.05) is 11.9 Å². The molecule has 0 bridgehead atoms. The largest absolute Gasteiger partial charge is 0.322 e. The molecule has 0 fully saturated rings. The van der Waals surface area contributed by atoms with Gasteiger partial charge in [0.05, 0.1) is 16.5 Å². The summed E-state index contributed by atoms with van der Waals surface area (Å²) in [6, 6.07) is 13.3. The second kappa shape index (κ2) is 8.64. The van der Waals surface area contributed by atoms with Crippen LogP contribution in [0.4, 0.5) is 10.5 Å². The molecule has 2 amide bonds. The summed E-state index contributed by atoms with van der Waals surface area (Å²) < 4.78 is 27.2. The zero-order valence-electron chi connectivity index (χ0n) is 16.5. The lowest BCUT2D eigenvalue weighted by molar-refractivity contribution is 0.212. The Morgan fingerprint density at radius 2 is 1.83 bits per heavy atom. The average molecular weight is 413 g/mol. The zero-order valence-corrected chi connectivity index (χ0v) is 17.3. The molecule has 7 nitrogen and oxygen atoms in total. The second-order valence-corrected chi connectivity index (χ2v) is 9.25. The van der Waals surface area contributed by atoms with E-state index in [1.165, 1.54) is 12.1 Å². The first-order chi connectivity index (χ1) is 13.8. The molecule has 0 unspecified atom stereocenters. The van der Waals surface area contributed by atoms with Crippen LogP contribution >= 0.6 is 0 Å². The Labute approximate surface area is 171 Å². The first kappa shape index (κ1) is 20.8. The minimum Gasteiger partial charge on any atom is -0.316 e. The van der Waals surface area contributed by atoms with Gasteiger partial charge in [-0.05, 0) is 59.9 Å². The molecule has 3 rings (SSSR count). The van der Waals surface area contributed by atoms with Crippen molar-refractivity contribution < 1.29 is 13.2 Å². The fraction of sp³-hybridized carbons (Fsp3) is 0.333. The third-order valence-electron chi connectivity index (χ3n) is 4.77. The number of hydrogen-bond donors (Lipinski definition) is 2. The van der Waals surface area contributed by atoms with Crippen LogP contribution in [0.1, 0.15) is 37.0 Å². The molecule has 1 heterocycles. The standard InChI is InChI=1S/C21H24N4O3S/c1-15(2)9-10-23-29(27,28)20-7-5-19(6-8-20)24-21(26)25-13-17-4-3-16(12-22)11-18(17)14-25/h3-8,11,15,23H,9-10,13-14H2,1-2H3,(H,24,26). The van der Waals surface area contributed by atoms with Crippen LogP contribution in [0, 0.1) is 17.2 Å². The summed E-state index contributed by atoms with van der Waals surface area (Å²) in [5, 5.41) is 11.8. The molecule has 1 aliphatic rings. The second-order valence-electron chi connectivity index (χ2n) is 7.49. The predicted octanol–water partition coefficient (Wildman–Crippen LogP) is 3.43. The normalized spacial score (nSPS) is 13.2. The van der Waals surface area contributed by atoms with E-state index < -0.39 is 10.0 Å². The number of nitriles is 1. The zero-order chi connectivity index (χ0) is 21.0. The highest BCUT2D eigenvalue weighted by atomic mass is 32.2. The summed E-state index contributed by atoms with van der Waals surface area (Å²) in [7, 11) is -3.56. The van der Waals surface area contributed by atoms with Crippen LogP contribution in [-0.4, -0.2) is 25.9 Å². The van der Waals surface area contributed by atoms with Crippen molar-refractivity contribution in [1.29, 1.82) is 5.26 Å². The molecule has 152 valence electrons. The third kappa shape index (κ3) is 5.13. The highest BCUT2D eigenvalue weighted by Gasteiger charge is 2.23. The number of nitrogens with one attached hydrogen (secondary N) is 2. The smallest absolute Gasteiger partial charge is 0.316 e. The maximum atomic E-state index is 12.5. The van der Waals surface area contributed by atoms with E-state index in [4.69, 9.17) is 5.26 Å². The Morgan fingerprint density at radius 1 is 1.14 bits per heavy atom. The summed E-state index contributed by atoms with van der Waals surface area (Å²) in [5.41, 5.74) is 3.08. The van der Waals surface area contributed by atoms with Gasteiger partial charge in [0.15, 0.2) is 0 Å². The highest BCUT2D eigenvalue weighted by Crippen LogP contribution is 2.24. The van der Waals surface area contributed by atoms with E-state index in [0.29, 0.717) is 36.8 Å². The van der Waals surface area contributed by atoms with Gasteiger partial charge in [-0.15, -0.1) is 0 Å². The fourth-order valence-electron chi connectivity index (χ4n) is 3.09. The van der Waals surface area contributed by atoms with Crippen molar-refractivity contribution in [2.24, 2.45) is 5.92 Å². The van der Waals surface area contributed by atoms with Crippen LogP contribution in [0.3, 0.4) is 0 Å². The average Bonchev–Trinajstić information content (AvgIpc) is 3.11. The first-order valence-corrected chi connectivity index (χ1v) is 10.9. The summed E-state index contributed by atoms with van der Waals surface area (Å²) in [6.07, 6.45) is 0.765. The summed E-state index contributed by atoms with van der Waals surface area (Å²) in [4.78, 5) is 14.4. The van der Waals surface area contributed by atoms with Gasteiger partial charge in [-0.2, -0.15) is 5.26 Å². The van der Waals surface area contributed by atoms with Crippen molar-refractivity contribution in [3.8, 4) is 6.07 Å². The molecule has 0 saturated carbocycles. The number of carbonyl (C=O) groups is 1. The molecule has 0 atom stereocenters. The number of rotatable bonds is 6. The Hall–Kier alpha value is -2.89. The van der Waals surface area contributed by atoms with Crippen LogP contribution in [0.2, 0.25) is 0 Å². The molecule has 0 spiro atoms. The molecule has 0 radical (unpaired) electrons. The molecule has 29 heavy (non-hydrogen) atoms. The Bertz CT molecular complexity index is 1040. The first-order valence-electron chi connectivity index (χ1n) is 9.46. The van der Waals surface area contributed by atoms with Gasteiger partial charge in [0.25, 0.3) is 0 Å². The lowest BCUT2D eigenvalue weighted by atomic mass is 10.1. The summed E-state index contributed by atoms with van der Waals surface area (Å²) in [6.45, 7) is 5.36. The SMILES string of the molecule is CC(C)CCNS(=O)(=O)c1ccc(NC(=O)N2Cc3ccc(C#N)cc3C2)cc1. The van der Waals surface area contributed by atoms with Crippen LogP contribution in [0.25, 0.3) is 0 Å². The van der Waals surface area contributed by atoms with Crippen molar-refractivity contribution in [3.63, 3.8) is 0 Å². The molecular weight excluding hydrogens is 388 g/mol. The lowest BCUT2D eigenvalue weighted by Crippen LogP contribution is -2.30. The number of benzene rings is 2. The summed E-state index contributed by atoms with van der Waals surface area (Å²) >= 11 is 0. The maximum Gasteiger partial charge on any atom is 0.322 e. The third-order valence-corrected chi connectivity index (χ3v) is 6.25. The van der Waals surface area contributed by atoms with Gasteiger partial charge in [-0.1, -0.05) is 19.9 Å². The number of fused-ring (bicyclic) bond motifs is 1. The monoisotopic (exact) mass is 412 g/mol. The van der Waals surface area contributed by atoms with E-state index in [-0.39, 0.29) is 10.9 Å². The molecule has 0 aromatic heterocycles. The lowest BCUT2D eigenvalue weighted by Gasteiger charge is -2.16. The Kier molecular flexibility index (Phi) is 6.20. The van der Waals surface area contributed by atoms with Crippen LogP contribution in [0.15, 0.2) is 47.4 Å². The number of anilines is 1. The number of hydrogen-bond acceptors (Lipinski definition) is 4. The van der Waals surface area contributed by atoms with Crippen molar-refractivity contribution >= 4 is 21.7 Å². The van der Waals surface area contributed by atoms with Gasteiger partial charge in [0.1, 0.15) is 0 Å². The number of urea groups is 1. The summed E-state index contributed by atoms with van der Waals surface area (Å²) in [5.74, 6) is 0.415. The van der Waals surface area contributed by atoms with E-state index in [0.717, 1.165) is 17.5 Å². The van der Waals surface area contributed by atoms with Crippen LogP contribution in [-0.2, 0) is 23.1 Å². The maximum absolute atomic E-state index is 12.5. The Morgan fingerprint density at radius 3 is 2.48 bits per heavy atom. The van der Waals surface area contributed by atoms with Gasteiger partial charge in [-0.3, -0.25) is 0 Å². The fourth-order valence-corrected chi connectivity index (χ4v) is 4.14. The number of amides is 2. The van der Waals surface area contributed by atoms with E-state index >= 15 is 0 Å². The molecule has 2 aromatic carbocycles. The van der Waals surface area contributed by atoms with Gasteiger partial charge in [0.2, 0.25) is 10.0 Å². The molecular formula is C21H24N4O3S. The molecule has 8 heteroatoms. The van der Waals surface area contributed by atoms with Gasteiger partial charge < -0.3 is 10.2 Å². The van der Waals surface area contributed by atoms with Gasteiger partial charge >= 0.3 is 6.03 Å². The number of carbonyl (C=O) groups excluding carboxylic acids is 1. The van der Waals surface area contributed by atoms with Crippen molar-refractivity contribution in [3.05, 3.63) is 59.2 Å². The van der Waals surface area contributed by atoms with E-state index in [1.807, 2.05) is 19.9 Å². The Balaban J connectivity index is 1.60. The number of sulfonamides is 1. The van der Waals surface area contributed by atoms with Gasteiger partial charge in [-0.25, -0.2) is 17.9 Å². The van der Waals surface area contributed by atoms with Gasteiger partial charge in [0, 0.05) is 25.3 Å². The van der Waals surface area contributed by atoms with Crippen molar-refractivity contribution in [1.82, 2.24) is 9.62 Å². The predicted molar refractivity (Wildman–Crippen MR) is 111 cm³/mol. The molecule has 1 aliphatic heterocycles. The number of nitrogens with zero attached hydrogens (tertiary/aromatic N) is 2. The molecule has 0 aliphatic carbocycles. The van der Waals surface area contributed by atoms with E-state index in [9.17, 15) is 13.2 Å². The van der Waals surface area contributed by atoms with E-state index in [2.05, 4.69) is 16.1 Å². The highest BCUT2D eigenvalue weighted by molar-refractivity contribution is 7.89. The molecule has 2 aromatic rings. The van der Waals surface area contributed by atoms with Crippen LogP contribution < -0.4 is 10.0 Å². The van der Waals surface area contributed by atoms with Crippen molar-refractivity contribution in [2.45, 2.75) is 38.3 Å². The molecule has 0 saturated heterocycles. The minimum atomic E-state index is -3.56. The van der Waals surface area contributed by atoms with Crippen LogP contribution in [0.5, 0.6) is 0 Å².